The Kier molecular flexibility index (Phi) is 5.29. The van der Waals surface area contributed by atoms with Gasteiger partial charge in [-0.05, 0) is 34.0 Å². The van der Waals surface area contributed by atoms with Crippen molar-refractivity contribution in [3.8, 4) is 0 Å². The summed E-state index contributed by atoms with van der Waals surface area (Å²) in [5.74, 6) is 1.52. The Labute approximate surface area is 127 Å². The van der Waals surface area contributed by atoms with Gasteiger partial charge in [-0.3, -0.25) is 4.98 Å². The lowest BCUT2D eigenvalue weighted by atomic mass is 10.3. The first kappa shape index (κ1) is 14.7. The number of hydrogen-bond donors (Lipinski definition) is 1. The first-order chi connectivity index (χ1) is 9.70. The van der Waals surface area contributed by atoms with E-state index in [1.807, 2.05) is 19.3 Å². The van der Waals surface area contributed by atoms with Crippen molar-refractivity contribution >= 4 is 27.7 Å². The average Bonchev–Trinajstić information content (AvgIpc) is 2.47. The van der Waals surface area contributed by atoms with Crippen molar-refractivity contribution in [2.24, 2.45) is 0 Å². The standard InChI is InChI=1S/C14H18BrN5/c1-3-6-17-14-18-9-12(15)13(19-14)20(2)10-11-5-4-7-16-8-11/h4-5,7-9H,3,6,10H2,1-2H3,(H,17,18,19). The number of nitrogens with zero attached hydrogens (tertiary/aromatic N) is 4. The van der Waals surface area contributed by atoms with Gasteiger partial charge in [0.05, 0.1) is 4.47 Å². The maximum Gasteiger partial charge on any atom is 0.224 e. The van der Waals surface area contributed by atoms with E-state index in [1.165, 1.54) is 0 Å². The molecule has 1 N–H and O–H groups in total. The van der Waals surface area contributed by atoms with Gasteiger partial charge in [0, 0.05) is 38.7 Å². The highest BCUT2D eigenvalue weighted by Crippen LogP contribution is 2.24. The predicted molar refractivity (Wildman–Crippen MR) is 84.9 cm³/mol. The molecule has 2 aromatic rings. The van der Waals surface area contributed by atoms with E-state index >= 15 is 0 Å². The predicted octanol–water partition coefficient (Wildman–Crippen LogP) is 3.09. The molecule has 0 saturated carbocycles. The zero-order valence-corrected chi connectivity index (χ0v) is 13.3. The van der Waals surface area contributed by atoms with Crippen molar-refractivity contribution in [2.75, 3.05) is 23.8 Å². The van der Waals surface area contributed by atoms with Gasteiger partial charge in [0.2, 0.25) is 5.95 Å². The molecule has 0 unspecified atom stereocenters. The van der Waals surface area contributed by atoms with Crippen LogP contribution in [0.2, 0.25) is 0 Å². The summed E-state index contributed by atoms with van der Waals surface area (Å²) < 4.78 is 0.880. The minimum absolute atomic E-state index is 0.656. The summed E-state index contributed by atoms with van der Waals surface area (Å²) in [4.78, 5) is 15.0. The monoisotopic (exact) mass is 335 g/mol. The van der Waals surface area contributed by atoms with Crippen LogP contribution in [0.25, 0.3) is 0 Å². The van der Waals surface area contributed by atoms with Gasteiger partial charge in [0.15, 0.2) is 0 Å². The fraction of sp³-hybridized carbons (Fsp3) is 0.357. The number of halogens is 1. The Morgan fingerprint density at radius 3 is 2.90 bits per heavy atom. The second kappa shape index (κ2) is 7.19. The molecule has 0 aliphatic heterocycles. The highest BCUT2D eigenvalue weighted by Gasteiger charge is 2.10. The molecule has 2 heterocycles. The van der Waals surface area contributed by atoms with E-state index in [4.69, 9.17) is 0 Å². The Morgan fingerprint density at radius 1 is 1.35 bits per heavy atom. The molecule has 0 radical (unpaired) electrons. The van der Waals surface area contributed by atoms with E-state index in [0.717, 1.165) is 35.4 Å². The zero-order valence-electron chi connectivity index (χ0n) is 11.7. The van der Waals surface area contributed by atoms with E-state index in [-0.39, 0.29) is 0 Å². The van der Waals surface area contributed by atoms with Crippen LogP contribution in [0.4, 0.5) is 11.8 Å². The normalized spacial score (nSPS) is 10.3. The number of hydrogen-bond acceptors (Lipinski definition) is 5. The quantitative estimate of drug-likeness (QED) is 0.879. The lowest BCUT2D eigenvalue weighted by molar-refractivity contribution is 0.875. The van der Waals surface area contributed by atoms with Crippen molar-refractivity contribution in [2.45, 2.75) is 19.9 Å². The molecule has 0 saturated heterocycles. The van der Waals surface area contributed by atoms with Gasteiger partial charge in [-0.1, -0.05) is 13.0 Å². The van der Waals surface area contributed by atoms with Crippen LogP contribution in [0.15, 0.2) is 35.2 Å². The van der Waals surface area contributed by atoms with Gasteiger partial charge in [-0.2, -0.15) is 4.98 Å². The number of anilines is 2. The average molecular weight is 336 g/mol. The lowest BCUT2D eigenvalue weighted by Gasteiger charge is -2.20. The third kappa shape index (κ3) is 3.90. The summed E-state index contributed by atoms with van der Waals surface area (Å²) in [7, 11) is 2.00. The molecule has 0 aliphatic rings. The summed E-state index contributed by atoms with van der Waals surface area (Å²) in [6.45, 7) is 3.73. The molecule has 6 heteroatoms. The largest absolute Gasteiger partial charge is 0.354 e. The molecule has 0 fully saturated rings. The van der Waals surface area contributed by atoms with Crippen molar-refractivity contribution in [3.05, 3.63) is 40.8 Å². The fourth-order valence-electron chi connectivity index (χ4n) is 1.79. The Morgan fingerprint density at radius 2 is 2.20 bits per heavy atom. The minimum atomic E-state index is 0.656. The number of pyridine rings is 1. The van der Waals surface area contributed by atoms with Crippen molar-refractivity contribution in [3.63, 3.8) is 0 Å². The third-order valence-electron chi connectivity index (χ3n) is 2.76. The summed E-state index contributed by atoms with van der Waals surface area (Å²) in [6.07, 6.45) is 6.46. The van der Waals surface area contributed by atoms with Gasteiger partial charge in [-0.25, -0.2) is 4.98 Å². The Balaban J connectivity index is 2.13. The van der Waals surface area contributed by atoms with Crippen LogP contribution in [-0.2, 0) is 6.54 Å². The maximum atomic E-state index is 4.54. The summed E-state index contributed by atoms with van der Waals surface area (Å²) in [5.41, 5.74) is 1.14. The molecule has 20 heavy (non-hydrogen) atoms. The first-order valence-corrected chi connectivity index (χ1v) is 7.36. The topological polar surface area (TPSA) is 53.9 Å². The molecule has 2 aromatic heterocycles. The summed E-state index contributed by atoms with van der Waals surface area (Å²) in [5, 5.41) is 3.20. The second-order valence-corrected chi connectivity index (χ2v) is 5.36. The Bertz CT molecular complexity index is 547. The van der Waals surface area contributed by atoms with Gasteiger partial charge in [0.25, 0.3) is 0 Å². The third-order valence-corrected chi connectivity index (χ3v) is 3.32. The van der Waals surface area contributed by atoms with E-state index in [9.17, 15) is 0 Å². The van der Waals surface area contributed by atoms with Crippen LogP contribution in [0, 0.1) is 0 Å². The number of nitrogens with one attached hydrogen (secondary N) is 1. The zero-order chi connectivity index (χ0) is 14.4. The number of rotatable bonds is 6. The fourth-order valence-corrected chi connectivity index (χ4v) is 2.28. The molecule has 0 amide bonds. The Hall–Kier alpha value is -1.69. The summed E-state index contributed by atoms with van der Waals surface area (Å²) >= 11 is 3.50. The lowest BCUT2D eigenvalue weighted by Crippen LogP contribution is -2.19. The molecule has 0 aliphatic carbocycles. The van der Waals surface area contributed by atoms with E-state index in [2.05, 4.69) is 54.1 Å². The van der Waals surface area contributed by atoms with Crippen LogP contribution in [-0.4, -0.2) is 28.5 Å². The van der Waals surface area contributed by atoms with Crippen molar-refractivity contribution in [1.29, 1.82) is 0 Å². The van der Waals surface area contributed by atoms with E-state index in [1.54, 1.807) is 12.4 Å². The van der Waals surface area contributed by atoms with Gasteiger partial charge >= 0.3 is 0 Å². The molecular weight excluding hydrogens is 318 g/mol. The van der Waals surface area contributed by atoms with Crippen LogP contribution >= 0.6 is 15.9 Å². The smallest absolute Gasteiger partial charge is 0.224 e. The van der Waals surface area contributed by atoms with Crippen LogP contribution < -0.4 is 10.2 Å². The molecule has 0 spiro atoms. The van der Waals surface area contributed by atoms with Crippen molar-refractivity contribution < 1.29 is 0 Å². The van der Waals surface area contributed by atoms with Gasteiger partial charge in [-0.15, -0.1) is 0 Å². The maximum absolute atomic E-state index is 4.54. The SMILES string of the molecule is CCCNc1ncc(Br)c(N(C)Cc2cccnc2)n1. The molecular formula is C14H18BrN5. The molecule has 0 bridgehead atoms. The van der Waals surface area contributed by atoms with Crippen LogP contribution in [0.1, 0.15) is 18.9 Å². The molecule has 106 valence electrons. The van der Waals surface area contributed by atoms with Gasteiger partial charge < -0.3 is 10.2 Å². The second-order valence-electron chi connectivity index (χ2n) is 4.51. The minimum Gasteiger partial charge on any atom is -0.354 e. The van der Waals surface area contributed by atoms with Crippen molar-refractivity contribution in [1.82, 2.24) is 15.0 Å². The highest BCUT2D eigenvalue weighted by molar-refractivity contribution is 9.10. The molecule has 2 rings (SSSR count). The number of aromatic nitrogens is 3. The van der Waals surface area contributed by atoms with Crippen LogP contribution in [0.5, 0.6) is 0 Å². The van der Waals surface area contributed by atoms with E-state index in [0.29, 0.717) is 5.95 Å². The summed E-state index contributed by atoms with van der Waals surface area (Å²) in [6, 6.07) is 3.99. The molecule has 5 nitrogen and oxygen atoms in total. The van der Waals surface area contributed by atoms with E-state index < -0.39 is 0 Å². The van der Waals surface area contributed by atoms with Gasteiger partial charge in [0.1, 0.15) is 5.82 Å². The molecule has 0 aromatic carbocycles. The first-order valence-electron chi connectivity index (χ1n) is 6.57. The molecule has 0 atom stereocenters. The van der Waals surface area contributed by atoms with Crippen LogP contribution in [0.3, 0.4) is 0 Å². The highest BCUT2D eigenvalue weighted by atomic mass is 79.9.